The van der Waals surface area contributed by atoms with Crippen LogP contribution in [-0.4, -0.2) is 19.9 Å². The van der Waals surface area contributed by atoms with Crippen LogP contribution in [0, 0.1) is 6.92 Å². The van der Waals surface area contributed by atoms with Crippen molar-refractivity contribution in [3.8, 4) is 11.5 Å². The molecule has 4 heteroatoms. The lowest BCUT2D eigenvalue weighted by molar-refractivity contribution is 0.190. The van der Waals surface area contributed by atoms with Crippen LogP contribution < -0.4 is 9.47 Å². The molecular weight excluding hydrogens is 278 g/mol. The lowest BCUT2D eigenvalue weighted by atomic mass is 9.94. The van der Waals surface area contributed by atoms with Gasteiger partial charge >= 0.3 is 0 Å². The fraction of sp³-hybridized carbons (Fsp3) is 0.278. The van der Waals surface area contributed by atoms with E-state index in [1.54, 1.807) is 14.2 Å². The van der Waals surface area contributed by atoms with E-state index in [4.69, 9.17) is 14.3 Å². The van der Waals surface area contributed by atoms with Gasteiger partial charge in [0.1, 0.15) is 24.7 Å². The van der Waals surface area contributed by atoms with Gasteiger partial charge in [-0.15, -0.1) is 0 Å². The number of methoxy groups -OCH3 is 1. The third kappa shape index (κ3) is 2.77. The highest BCUT2D eigenvalue weighted by Gasteiger charge is 2.27. The summed E-state index contributed by atoms with van der Waals surface area (Å²) in [4.78, 5) is 5.01. The highest BCUT2D eigenvalue weighted by molar-refractivity contribution is 6.04. The fourth-order valence-corrected chi connectivity index (χ4v) is 2.68. The van der Waals surface area contributed by atoms with Crippen LogP contribution in [-0.2, 0) is 4.84 Å². The zero-order valence-electron chi connectivity index (χ0n) is 13.0. The summed E-state index contributed by atoms with van der Waals surface area (Å²) in [5.74, 6) is 1.65. The summed E-state index contributed by atoms with van der Waals surface area (Å²) in [5.41, 5.74) is 4.14. The van der Waals surface area contributed by atoms with Gasteiger partial charge in [-0.1, -0.05) is 28.9 Å². The molecule has 0 aromatic heterocycles. The summed E-state index contributed by atoms with van der Waals surface area (Å²) in [6.45, 7) is 2.05. The van der Waals surface area contributed by atoms with Crippen molar-refractivity contribution in [3.05, 3.63) is 59.2 Å². The molecule has 1 aliphatic heterocycles. The van der Waals surface area contributed by atoms with Crippen LogP contribution >= 0.6 is 0 Å². The number of nitrogens with zero attached hydrogens (tertiary/aromatic N) is 1. The number of rotatable bonds is 3. The van der Waals surface area contributed by atoms with Crippen molar-refractivity contribution < 1.29 is 14.3 Å². The maximum atomic E-state index is 6.16. The molecule has 2 aromatic carbocycles. The summed E-state index contributed by atoms with van der Waals surface area (Å²) in [6, 6.07) is 14.0. The Morgan fingerprint density at radius 2 is 2.00 bits per heavy atom. The van der Waals surface area contributed by atoms with E-state index in [1.165, 1.54) is 5.56 Å². The molecule has 0 fully saturated rings. The molecule has 1 atom stereocenters. The zero-order valence-corrected chi connectivity index (χ0v) is 13.0. The SMILES string of the molecule is CON=C1C[C@H](c2cccc(OC)c2)Oc2ccc(C)cc21. The van der Waals surface area contributed by atoms with Gasteiger partial charge in [-0.05, 0) is 36.8 Å². The van der Waals surface area contributed by atoms with Crippen molar-refractivity contribution in [1.82, 2.24) is 0 Å². The number of hydrogen-bond acceptors (Lipinski definition) is 4. The molecule has 0 saturated carbocycles. The van der Waals surface area contributed by atoms with E-state index in [1.807, 2.05) is 36.4 Å². The Balaban J connectivity index is 1.99. The summed E-state index contributed by atoms with van der Waals surface area (Å²) in [7, 11) is 3.23. The Morgan fingerprint density at radius 3 is 2.77 bits per heavy atom. The second-order valence-electron chi connectivity index (χ2n) is 5.31. The van der Waals surface area contributed by atoms with E-state index in [9.17, 15) is 0 Å². The van der Waals surface area contributed by atoms with Crippen molar-refractivity contribution >= 4 is 5.71 Å². The first-order chi connectivity index (χ1) is 10.7. The van der Waals surface area contributed by atoms with Gasteiger partial charge in [-0.25, -0.2) is 0 Å². The van der Waals surface area contributed by atoms with Gasteiger partial charge in [-0.3, -0.25) is 0 Å². The fourth-order valence-electron chi connectivity index (χ4n) is 2.68. The molecule has 2 aromatic rings. The lowest BCUT2D eigenvalue weighted by Gasteiger charge is -2.27. The molecule has 0 saturated heterocycles. The molecular formula is C18H19NO3. The predicted molar refractivity (Wildman–Crippen MR) is 85.7 cm³/mol. The number of benzene rings is 2. The molecule has 0 amide bonds. The molecule has 1 heterocycles. The second-order valence-corrected chi connectivity index (χ2v) is 5.31. The first-order valence-corrected chi connectivity index (χ1v) is 7.23. The molecule has 1 aliphatic rings. The maximum absolute atomic E-state index is 6.16. The third-order valence-corrected chi connectivity index (χ3v) is 3.76. The van der Waals surface area contributed by atoms with Crippen LogP contribution in [0.3, 0.4) is 0 Å². The molecule has 0 N–H and O–H groups in total. The Bertz CT molecular complexity index is 709. The molecule has 22 heavy (non-hydrogen) atoms. The van der Waals surface area contributed by atoms with Crippen LogP contribution in [0.15, 0.2) is 47.6 Å². The van der Waals surface area contributed by atoms with Gasteiger partial charge in [0.15, 0.2) is 0 Å². The highest BCUT2D eigenvalue weighted by atomic mass is 16.6. The quantitative estimate of drug-likeness (QED) is 0.807. The van der Waals surface area contributed by atoms with Crippen molar-refractivity contribution in [1.29, 1.82) is 0 Å². The summed E-state index contributed by atoms with van der Waals surface area (Å²) in [6.07, 6.45) is 0.566. The summed E-state index contributed by atoms with van der Waals surface area (Å²) < 4.78 is 11.5. The molecule has 4 nitrogen and oxygen atoms in total. The van der Waals surface area contributed by atoms with E-state index in [0.29, 0.717) is 6.42 Å². The van der Waals surface area contributed by atoms with Gasteiger partial charge in [0.2, 0.25) is 0 Å². The first kappa shape index (κ1) is 14.4. The zero-order chi connectivity index (χ0) is 15.5. The van der Waals surface area contributed by atoms with Crippen molar-refractivity contribution in [2.75, 3.05) is 14.2 Å². The number of fused-ring (bicyclic) bond motifs is 1. The molecule has 0 spiro atoms. The Hall–Kier alpha value is -2.49. The van der Waals surface area contributed by atoms with Gasteiger partial charge in [0.25, 0.3) is 0 Å². The Morgan fingerprint density at radius 1 is 1.14 bits per heavy atom. The predicted octanol–water partition coefficient (Wildman–Crippen LogP) is 3.88. The van der Waals surface area contributed by atoms with Crippen molar-refractivity contribution in [2.45, 2.75) is 19.4 Å². The topological polar surface area (TPSA) is 40.0 Å². The number of hydrogen-bond donors (Lipinski definition) is 0. The van der Waals surface area contributed by atoms with Gasteiger partial charge < -0.3 is 14.3 Å². The van der Waals surface area contributed by atoms with E-state index in [0.717, 1.165) is 28.3 Å². The van der Waals surface area contributed by atoms with Crippen LogP contribution in [0.4, 0.5) is 0 Å². The maximum Gasteiger partial charge on any atom is 0.130 e. The smallest absolute Gasteiger partial charge is 0.130 e. The number of aryl methyl sites for hydroxylation is 1. The number of ether oxygens (including phenoxy) is 2. The first-order valence-electron chi connectivity index (χ1n) is 7.23. The van der Waals surface area contributed by atoms with Gasteiger partial charge in [-0.2, -0.15) is 0 Å². The minimum atomic E-state index is -0.0980. The largest absolute Gasteiger partial charge is 0.497 e. The van der Waals surface area contributed by atoms with Crippen LogP contribution in [0.25, 0.3) is 0 Å². The van der Waals surface area contributed by atoms with Crippen LogP contribution in [0.2, 0.25) is 0 Å². The molecule has 0 bridgehead atoms. The van der Waals surface area contributed by atoms with Gasteiger partial charge in [0, 0.05) is 12.0 Å². The number of oxime groups is 1. The van der Waals surface area contributed by atoms with E-state index >= 15 is 0 Å². The van der Waals surface area contributed by atoms with Crippen LogP contribution in [0.1, 0.15) is 29.2 Å². The Kier molecular flexibility index (Phi) is 4.00. The summed E-state index contributed by atoms with van der Waals surface area (Å²) in [5, 5.41) is 4.19. The van der Waals surface area contributed by atoms with Crippen LogP contribution in [0.5, 0.6) is 11.5 Å². The monoisotopic (exact) mass is 297 g/mol. The summed E-state index contributed by atoms with van der Waals surface area (Å²) >= 11 is 0. The molecule has 0 unspecified atom stereocenters. The normalized spacial score (nSPS) is 18.5. The average molecular weight is 297 g/mol. The standard InChI is InChI=1S/C18H19NO3/c1-12-7-8-17-15(9-12)16(19-21-3)11-18(22-17)13-5-4-6-14(10-13)20-2/h4-10,18H,11H2,1-3H3/t18-/m1/s1. The third-order valence-electron chi connectivity index (χ3n) is 3.76. The highest BCUT2D eigenvalue weighted by Crippen LogP contribution is 2.36. The van der Waals surface area contributed by atoms with E-state index in [-0.39, 0.29) is 6.10 Å². The second kappa shape index (κ2) is 6.10. The average Bonchev–Trinajstić information content (AvgIpc) is 2.55. The van der Waals surface area contributed by atoms with Crippen molar-refractivity contribution in [3.63, 3.8) is 0 Å². The molecule has 3 rings (SSSR count). The minimum absolute atomic E-state index is 0.0980. The molecule has 0 radical (unpaired) electrons. The van der Waals surface area contributed by atoms with E-state index < -0.39 is 0 Å². The Labute approximate surface area is 130 Å². The van der Waals surface area contributed by atoms with E-state index in [2.05, 4.69) is 18.1 Å². The molecule has 0 aliphatic carbocycles. The van der Waals surface area contributed by atoms with Crippen molar-refractivity contribution in [2.24, 2.45) is 5.16 Å². The van der Waals surface area contributed by atoms with Gasteiger partial charge in [0.05, 0.1) is 12.8 Å². The minimum Gasteiger partial charge on any atom is -0.497 e. The lowest BCUT2D eigenvalue weighted by Crippen LogP contribution is -2.21. The molecule has 114 valence electrons.